The van der Waals surface area contributed by atoms with Gasteiger partial charge in [-0.2, -0.15) is 0 Å². The van der Waals surface area contributed by atoms with Gasteiger partial charge in [0.15, 0.2) is 5.01 Å². The summed E-state index contributed by atoms with van der Waals surface area (Å²) in [4.78, 5) is 20.2. The molecule has 0 bridgehead atoms. The van der Waals surface area contributed by atoms with Crippen LogP contribution in [0.3, 0.4) is 0 Å². The number of benzene rings is 1. The maximum absolute atomic E-state index is 12.1. The van der Waals surface area contributed by atoms with Crippen molar-refractivity contribution >= 4 is 27.5 Å². The standard InChI is InChI=1S/C15H13N3O2S/c19-12(10-5-7-16-8-6-10)9-17-14(20)15-18-11-3-1-2-4-13(11)21-15/h1-8,12,19H,9H2,(H,17,20). The van der Waals surface area contributed by atoms with Gasteiger partial charge in [-0.3, -0.25) is 9.78 Å². The van der Waals surface area contributed by atoms with Crippen molar-refractivity contribution in [3.05, 3.63) is 59.4 Å². The second-order valence-electron chi connectivity index (χ2n) is 4.49. The van der Waals surface area contributed by atoms with Gasteiger partial charge in [-0.15, -0.1) is 11.3 Å². The molecule has 1 amide bonds. The highest BCUT2D eigenvalue weighted by Gasteiger charge is 2.14. The molecule has 0 fully saturated rings. The van der Waals surface area contributed by atoms with Gasteiger partial charge in [0, 0.05) is 18.9 Å². The molecule has 0 aliphatic carbocycles. The molecule has 2 aromatic heterocycles. The predicted molar refractivity (Wildman–Crippen MR) is 81.2 cm³/mol. The van der Waals surface area contributed by atoms with Crippen molar-refractivity contribution in [2.24, 2.45) is 0 Å². The number of para-hydroxylation sites is 1. The molecule has 106 valence electrons. The van der Waals surface area contributed by atoms with E-state index in [9.17, 15) is 9.90 Å². The Balaban J connectivity index is 1.66. The molecule has 1 unspecified atom stereocenters. The minimum absolute atomic E-state index is 0.138. The second-order valence-corrected chi connectivity index (χ2v) is 5.52. The van der Waals surface area contributed by atoms with Crippen molar-refractivity contribution in [2.75, 3.05) is 6.54 Å². The average Bonchev–Trinajstić information content (AvgIpc) is 2.97. The Kier molecular flexibility index (Phi) is 3.89. The van der Waals surface area contributed by atoms with Gasteiger partial charge in [-0.25, -0.2) is 4.98 Å². The Morgan fingerprint density at radius 1 is 1.24 bits per heavy atom. The Labute approximate surface area is 125 Å². The number of thiazole rings is 1. The highest BCUT2D eigenvalue weighted by molar-refractivity contribution is 7.20. The molecule has 0 spiro atoms. The zero-order chi connectivity index (χ0) is 14.7. The highest BCUT2D eigenvalue weighted by Crippen LogP contribution is 2.21. The molecule has 1 atom stereocenters. The number of rotatable bonds is 4. The number of aromatic nitrogens is 2. The smallest absolute Gasteiger partial charge is 0.280 e. The molecular formula is C15H13N3O2S. The van der Waals surface area contributed by atoms with Gasteiger partial charge >= 0.3 is 0 Å². The Morgan fingerprint density at radius 2 is 2.00 bits per heavy atom. The number of pyridine rings is 1. The zero-order valence-corrected chi connectivity index (χ0v) is 11.9. The van der Waals surface area contributed by atoms with Gasteiger partial charge in [-0.1, -0.05) is 12.1 Å². The van der Waals surface area contributed by atoms with Crippen molar-refractivity contribution in [2.45, 2.75) is 6.10 Å². The van der Waals surface area contributed by atoms with E-state index < -0.39 is 6.10 Å². The number of aliphatic hydroxyl groups excluding tert-OH is 1. The molecule has 5 nitrogen and oxygen atoms in total. The van der Waals surface area contributed by atoms with Crippen molar-refractivity contribution < 1.29 is 9.90 Å². The molecule has 0 radical (unpaired) electrons. The lowest BCUT2D eigenvalue weighted by Gasteiger charge is -2.10. The van der Waals surface area contributed by atoms with Gasteiger partial charge in [0.05, 0.1) is 16.3 Å². The van der Waals surface area contributed by atoms with E-state index in [0.717, 1.165) is 15.8 Å². The summed E-state index contributed by atoms with van der Waals surface area (Å²) in [6.07, 6.45) is 2.45. The number of aliphatic hydroxyl groups is 1. The van der Waals surface area contributed by atoms with Crippen LogP contribution in [-0.4, -0.2) is 27.5 Å². The first-order valence-corrected chi connectivity index (χ1v) is 7.27. The maximum atomic E-state index is 12.1. The van der Waals surface area contributed by atoms with Crippen LogP contribution in [0.1, 0.15) is 21.5 Å². The lowest BCUT2D eigenvalue weighted by molar-refractivity contribution is 0.0916. The van der Waals surface area contributed by atoms with E-state index in [1.165, 1.54) is 11.3 Å². The van der Waals surface area contributed by atoms with E-state index in [1.54, 1.807) is 24.5 Å². The number of nitrogens with zero attached hydrogens (tertiary/aromatic N) is 2. The highest BCUT2D eigenvalue weighted by atomic mass is 32.1. The fraction of sp³-hybridized carbons (Fsp3) is 0.133. The molecule has 2 N–H and O–H groups in total. The van der Waals surface area contributed by atoms with E-state index >= 15 is 0 Å². The number of hydrogen-bond donors (Lipinski definition) is 2. The molecule has 1 aromatic carbocycles. The fourth-order valence-electron chi connectivity index (χ4n) is 1.94. The van der Waals surface area contributed by atoms with E-state index in [-0.39, 0.29) is 12.5 Å². The van der Waals surface area contributed by atoms with Crippen LogP contribution in [0.5, 0.6) is 0 Å². The predicted octanol–water partition coefficient (Wildman–Crippen LogP) is 2.15. The molecule has 0 saturated heterocycles. The van der Waals surface area contributed by atoms with Gasteiger partial charge < -0.3 is 10.4 Å². The molecule has 0 aliphatic heterocycles. The first-order chi connectivity index (χ1) is 10.2. The molecule has 3 rings (SSSR count). The molecule has 3 aromatic rings. The lowest BCUT2D eigenvalue weighted by Crippen LogP contribution is -2.28. The quantitative estimate of drug-likeness (QED) is 0.774. The average molecular weight is 299 g/mol. The van der Waals surface area contributed by atoms with Crippen LogP contribution in [0.25, 0.3) is 10.2 Å². The second kappa shape index (κ2) is 5.99. The zero-order valence-electron chi connectivity index (χ0n) is 11.1. The van der Waals surface area contributed by atoms with Crippen LogP contribution in [-0.2, 0) is 0 Å². The maximum Gasteiger partial charge on any atom is 0.280 e. The van der Waals surface area contributed by atoms with E-state index in [4.69, 9.17) is 0 Å². The minimum atomic E-state index is -0.758. The number of hydrogen-bond acceptors (Lipinski definition) is 5. The van der Waals surface area contributed by atoms with E-state index in [0.29, 0.717) is 5.01 Å². The van der Waals surface area contributed by atoms with Crippen molar-refractivity contribution in [3.8, 4) is 0 Å². The Bertz CT molecular complexity index is 725. The van der Waals surface area contributed by atoms with Gasteiger partial charge in [0.2, 0.25) is 0 Å². The number of carbonyl (C=O) groups is 1. The third-order valence-electron chi connectivity index (χ3n) is 3.03. The minimum Gasteiger partial charge on any atom is -0.387 e. The topological polar surface area (TPSA) is 75.1 Å². The molecule has 2 heterocycles. The lowest BCUT2D eigenvalue weighted by atomic mass is 10.1. The van der Waals surface area contributed by atoms with Crippen LogP contribution in [0.15, 0.2) is 48.8 Å². The van der Waals surface area contributed by atoms with E-state index in [1.807, 2.05) is 24.3 Å². The Morgan fingerprint density at radius 3 is 2.76 bits per heavy atom. The summed E-state index contributed by atoms with van der Waals surface area (Å²) >= 11 is 1.34. The van der Waals surface area contributed by atoms with Crippen LogP contribution in [0, 0.1) is 0 Å². The normalized spacial score (nSPS) is 12.2. The summed E-state index contributed by atoms with van der Waals surface area (Å²) in [5, 5.41) is 13.1. The molecule has 21 heavy (non-hydrogen) atoms. The van der Waals surface area contributed by atoms with Crippen molar-refractivity contribution in [3.63, 3.8) is 0 Å². The largest absolute Gasteiger partial charge is 0.387 e. The third-order valence-corrected chi connectivity index (χ3v) is 4.07. The third kappa shape index (κ3) is 3.07. The van der Waals surface area contributed by atoms with Crippen LogP contribution in [0.2, 0.25) is 0 Å². The van der Waals surface area contributed by atoms with Crippen LogP contribution < -0.4 is 5.32 Å². The SMILES string of the molecule is O=C(NCC(O)c1ccncc1)c1nc2ccccc2s1. The number of nitrogens with one attached hydrogen (secondary N) is 1. The summed E-state index contributed by atoms with van der Waals surface area (Å²) in [5.74, 6) is -0.274. The van der Waals surface area contributed by atoms with E-state index in [2.05, 4.69) is 15.3 Å². The molecular weight excluding hydrogens is 286 g/mol. The number of carbonyl (C=O) groups excluding carboxylic acids is 1. The van der Waals surface area contributed by atoms with Gasteiger partial charge in [0.1, 0.15) is 0 Å². The van der Waals surface area contributed by atoms with Gasteiger partial charge in [-0.05, 0) is 29.8 Å². The summed E-state index contributed by atoms with van der Waals surface area (Å²) in [6.45, 7) is 0.138. The number of fused-ring (bicyclic) bond motifs is 1. The fourth-order valence-corrected chi connectivity index (χ4v) is 2.82. The van der Waals surface area contributed by atoms with Gasteiger partial charge in [0.25, 0.3) is 5.91 Å². The van der Waals surface area contributed by atoms with Crippen LogP contribution in [0.4, 0.5) is 0 Å². The first kappa shape index (κ1) is 13.7. The molecule has 0 saturated carbocycles. The summed E-state index contributed by atoms with van der Waals surface area (Å²) in [6, 6.07) is 11.0. The van der Waals surface area contributed by atoms with Crippen molar-refractivity contribution in [1.82, 2.24) is 15.3 Å². The number of amides is 1. The summed E-state index contributed by atoms with van der Waals surface area (Å²) in [5.41, 5.74) is 1.52. The monoisotopic (exact) mass is 299 g/mol. The molecule has 0 aliphatic rings. The first-order valence-electron chi connectivity index (χ1n) is 6.46. The summed E-state index contributed by atoms with van der Waals surface area (Å²) in [7, 11) is 0. The summed E-state index contributed by atoms with van der Waals surface area (Å²) < 4.78 is 0.970. The molecule has 6 heteroatoms. The van der Waals surface area contributed by atoms with Crippen LogP contribution >= 0.6 is 11.3 Å². The Hall–Kier alpha value is -2.31. The van der Waals surface area contributed by atoms with Crippen molar-refractivity contribution in [1.29, 1.82) is 0 Å².